The van der Waals surface area contributed by atoms with E-state index in [1.807, 2.05) is 0 Å². The van der Waals surface area contributed by atoms with Crippen molar-refractivity contribution in [1.82, 2.24) is 0 Å². The van der Waals surface area contributed by atoms with Crippen molar-refractivity contribution in [3.05, 3.63) is 18.2 Å². The average molecular weight is 294 g/mol. The smallest absolute Gasteiger partial charge is 0.296 e. The van der Waals surface area contributed by atoms with E-state index < -0.39 is 30.3 Å². The Morgan fingerprint density at radius 2 is 1.78 bits per heavy atom. The summed E-state index contributed by atoms with van der Waals surface area (Å²) in [5.74, 6) is 0. The predicted molar refractivity (Wildman–Crippen MR) is 68.3 cm³/mol. The van der Waals surface area contributed by atoms with Crippen LogP contribution in [-0.4, -0.2) is 26.6 Å². The van der Waals surface area contributed by atoms with Gasteiger partial charge in [0.1, 0.15) is 4.90 Å². The summed E-state index contributed by atoms with van der Waals surface area (Å²) in [6.45, 7) is 3.00. The summed E-state index contributed by atoms with van der Waals surface area (Å²) >= 11 is 0. The van der Waals surface area contributed by atoms with E-state index in [1.165, 1.54) is 19.9 Å². The molecule has 1 aromatic carbocycles. The summed E-state index contributed by atoms with van der Waals surface area (Å²) in [5, 5.41) is -0.639. The van der Waals surface area contributed by atoms with Crippen LogP contribution >= 0.6 is 0 Å². The average Bonchev–Trinajstić information content (AvgIpc) is 2.14. The van der Waals surface area contributed by atoms with Gasteiger partial charge in [0.15, 0.2) is 0 Å². The summed E-state index contributed by atoms with van der Waals surface area (Å²) in [6.07, 6.45) is 0. The van der Waals surface area contributed by atoms with Crippen molar-refractivity contribution >= 4 is 31.5 Å². The minimum Gasteiger partial charge on any atom is -0.398 e. The largest absolute Gasteiger partial charge is 0.398 e. The quantitative estimate of drug-likeness (QED) is 0.553. The highest BCUT2D eigenvalue weighted by molar-refractivity contribution is 7.93. The molecule has 1 rings (SSSR count). The number of hydrogen-bond acceptors (Lipinski definition) is 5. The van der Waals surface area contributed by atoms with Gasteiger partial charge in [-0.3, -0.25) is 9.27 Å². The standard InChI is InChI=1S/C9H14N2O5S2/c1-6(2)17(12,13)11-7-3-4-9(8(10)5-7)18(14,15)16/h3-6,11H,10H2,1-2H3,(H,14,15,16). The lowest BCUT2D eigenvalue weighted by Gasteiger charge is -2.12. The molecule has 0 bridgehead atoms. The monoisotopic (exact) mass is 294 g/mol. The molecule has 18 heavy (non-hydrogen) atoms. The van der Waals surface area contributed by atoms with Crippen LogP contribution < -0.4 is 10.5 Å². The summed E-state index contributed by atoms with van der Waals surface area (Å²) in [4.78, 5) is -0.463. The molecule has 0 atom stereocenters. The highest BCUT2D eigenvalue weighted by Crippen LogP contribution is 2.23. The molecule has 4 N–H and O–H groups in total. The first-order valence-electron chi connectivity index (χ1n) is 4.92. The van der Waals surface area contributed by atoms with Crippen molar-refractivity contribution in [3.8, 4) is 0 Å². The molecule has 0 heterocycles. The molecule has 0 unspecified atom stereocenters. The second-order valence-electron chi connectivity index (χ2n) is 3.92. The van der Waals surface area contributed by atoms with E-state index in [0.717, 1.165) is 12.1 Å². The topological polar surface area (TPSA) is 127 Å². The lowest BCUT2D eigenvalue weighted by molar-refractivity contribution is 0.483. The minimum absolute atomic E-state index is 0.133. The Balaban J connectivity index is 3.15. The maximum atomic E-state index is 11.6. The molecule has 0 saturated heterocycles. The summed E-state index contributed by atoms with van der Waals surface area (Å²) in [7, 11) is -7.95. The SMILES string of the molecule is CC(C)S(=O)(=O)Nc1ccc(S(=O)(=O)O)c(N)c1. The fraction of sp³-hybridized carbons (Fsp3) is 0.333. The molecule has 1 aromatic rings. The minimum atomic E-state index is -4.41. The van der Waals surface area contributed by atoms with Crippen molar-refractivity contribution < 1.29 is 21.4 Å². The van der Waals surface area contributed by atoms with Gasteiger partial charge in [0, 0.05) is 0 Å². The fourth-order valence-corrected chi connectivity index (χ4v) is 2.42. The highest BCUT2D eigenvalue weighted by atomic mass is 32.2. The lowest BCUT2D eigenvalue weighted by atomic mass is 10.3. The number of nitrogens with one attached hydrogen (secondary N) is 1. The first kappa shape index (κ1) is 14.7. The Hall–Kier alpha value is -1.32. The summed E-state index contributed by atoms with van der Waals surface area (Å²) in [6, 6.07) is 3.37. The Bertz CT molecular complexity index is 650. The first-order chi connectivity index (χ1) is 8.04. The molecule has 0 fully saturated rings. The summed E-state index contributed by atoms with van der Waals surface area (Å²) < 4.78 is 56.0. The summed E-state index contributed by atoms with van der Waals surface area (Å²) in [5.41, 5.74) is 5.33. The zero-order chi connectivity index (χ0) is 14.1. The molecule has 0 amide bonds. The van der Waals surface area contributed by atoms with Crippen LogP contribution in [0.4, 0.5) is 11.4 Å². The van der Waals surface area contributed by atoms with Crippen LogP contribution in [0, 0.1) is 0 Å². The Kier molecular flexibility index (Phi) is 3.89. The molecule has 0 spiro atoms. The van der Waals surface area contributed by atoms with Crippen LogP contribution in [0.3, 0.4) is 0 Å². The van der Waals surface area contributed by atoms with Crippen molar-refractivity contribution in [2.24, 2.45) is 0 Å². The third kappa shape index (κ3) is 3.34. The second-order valence-corrected chi connectivity index (χ2v) is 7.55. The number of sulfonamides is 1. The van der Waals surface area contributed by atoms with E-state index in [-0.39, 0.29) is 11.4 Å². The normalized spacial score (nSPS) is 12.7. The fourth-order valence-electron chi connectivity index (χ4n) is 1.13. The van der Waals surface area contributed by atoms with Crippen LogP contribution in [0.25, 0.3) is 0 Å². The number of nitrogens with two attached hydrogens (primary N) is 1. The van der Waals surface area contributed by atoms with E-state index in [1.54, 1.807) is 0 Å². The van der Waals surface area contributed by atoms with Crippen molar-refractivity contribution in [1.29, 1.82) is 0 Å². The van der Waals surface area contributed by atoms with Gasteiger partial charge in [0.05, 0.1) is 16.6 Å². The van der Waals surface area contributed by atoms with Crippen LogP contribution in [0.15, 0.2) is 23.1 Å². The van der Waals surface area contributed by atoms with E-state index in [0.29, 0.717) is 0 Å². The van der Waals surface area contributed by atoms with Crippen LogP contribution in [0.2, 0.25) is 0 Å². The van der Waals surface area contributed by atoms with Crippen LogP contribution in [-0.2, 0) is 20.1 Å². The van der Waals surface area contributed by atoms with Crippen molar-refractivity contribution in [3.63, 3.8) is 0 Å². The number of rotatable bonds is 4. The van der Waals surface area contributed by atoms with Gasteiger partial charge in [0.25, 0.3) is 10.1 Å². The first-order valence-corrected chi connectivity index (χ1v) is 7.91. The van der Waals surface area contributed by atoms with Gasteiger partial charge in [-0.15, -0.1) is 0 Å². The van der Waals surface area contributed by atoms with E-state index >= 15 is 0 Å². The molecule has 0 radical (unpaired) electrons. The second kappa shape index (κ2) is 4.75. The molecule has 7 nitrogen and oxygen atoms in total. The molecule has 0 aliphatic rings. The van der Waals surface area contributed by atoms with Gasteiger partial charge >= 0.3 is 0 Å². The van der Waals surface area contributed by atoms with E-state index in [4.69, 9.17) is 10.3 Å². The van der Waals surface area contributed by atoms with Crippen LogP contribution in [0.1, 0.15) is 13.8 Å². The van der Waals surface area contributed by atoms with E-state index in [9.17, 15) is 16.8 Å². The lowest BCUT2D eigenvalue weighted by Crippen LogP contribution is -2.22. The molecule has 9 heteroatoms. The molecular formula is C9H14N2O5S2. The number of benzene rings is 1. The zero-order valence-electron chi connectivity index (χ0n) is 9.78. The van der Waals surface area contributed by atoms with Gasteiger partial charge < -0.3 is 5.73 Å². The van der Waals surface area contributed by atoms with Gasteiger partial charge in [0.2, 0.25) is 10.0 Å². The number of hydrogen-bond donors (Lipinski definition) is 3. The Morgan fingerprint density at radius 1 is 1.22 bits per heavy atom. The molecule has 102 valence electrons. The van der Waals surface area contributed by atoms with Gasteiger partial charge in [-0.2, -0.15) is 8.42 Å². The maximum Gasteiger partial charge on any atom is 0.296 e. The van der Waals surface area contributed by atoms with Crippen molar-refractivity contribution in [2.75, 3.05) is 10.5 Å². The molecule has 0 aromatic heterocycles. The van der Waals surface area contributed by atoms with E-state index in [2.05, 4.69) is 4.72 Å². The molecule has 0 aliphatic heterocycles. The van der Waals surface area contributed by atoms with Crippen molar-refractivity contribution in [2.45, 2.75) is 24.0 Å². The van der Waals surface area contributed by atoms with Gasteiger partial charge in [-0.05, 0) is 32.0 Å². The maximum absolute atomic E-state index is 11.6. The van der Waals surface area contributed by atoms with Gasteiger partial charge in [-0.25, -0.2) is 8.42 Å². The van der Waals surface area contributed by atoms with Crippen LogP contribution in [0.5, 0.6) is 0 Å². The highest BCUT2D eigenvalue weighted by Gasteiger charge is 2.18. The Morgan fingerprint density at radius 3 is 2.17 bits per heavy atom. The predicted octanol–water partition coefficient (Wildman–Crippen LogP) is 0.666. The third-order valence-corrected chi connectivity index (χ3v) is 4.86. The Labute approximate surface area is 106 Å². The number of anilines is 2. The molecular weight excluding hydrogens is 280 g/mol. The third-order valence-electron chi connectivity index (χ3n) is 2.17. The zero-order valence-corrected chi connectivity index (χ0v) is 11.4. The molecule has 0 aliphatic carbocycles. The number of nitrogen functional groups attached to an aromatic ring is 1. The molecule has 0 saturated carbocycles. The van der Waals surface area contributed by atoms with Gasteiger partial charge in [-0.1, -0.05) is 0 Å².